The van der Waals surface area contributed by atoms with Crippen LogP contribution >= 0.6 is 0 Å². The van der Waals surface area contributed by atoms with Crippen molar-refractivity contribution in [1.29, 1.82) is 0 Å². The van der Waals surface area contributed by atoms with E-state index in [0.29, 0.717) is 0 Å². The summed E-state index contributed by atoms with van der Waals surface area (Å²) in [5.74, 6) is 1.65. The van der Waals surface area contributed by atoms with E-state index in [2.05, 4.69) is 40.5 Å². The van der Waals surface area contributed by atoms with Crippen LogP contribution in [0.25, 0.3) is 0 Å². The van der Waals surface area contributed by atoms with Crippen molar-refractivity contribution >= 4 is 0 Å². The van der Waals surface area contributed by atoms with Gasteiger partial charge in [-0.1, -0.05) is 53.4 Å². The maximum Gasteiger partial charge on any atom is -0.0383 e. The van der Waals surface area contributed by atoms with Gasteiger partial charge in [-0.2, -0.15) is 0 Å². The summed E-state index contributed by atoms with van der Waals surface area (Å²) < 4.78 is 0. The number of unbranched alkanes of at least 4 members (excludes halogenated alkanes) is 4. The van der Waals surface area contributed by atoms with Crippen molar-refractivity contribution in [2.24, 2.45) is 11.8 Å². The Balaban J connectivity index is 3.22. The highest BCUT2D eigenvalue weighted by Crippen LogP contribution is 2.19. The minimum atomic E-state index is 0.786. The molecule has 2 atom stereocenters. The third-order valence-electron chi connectivity index (χ3n) is 2.92. The second-order valence-electron chi connectivity index (χ2n) is 4.67. The van der Waals surface area contributed by atoms with Crippen LogP contribution in [0, 0.1) is 24.7 Å². The van der Waals surface area contributed by atoms with Gasteiger partial charge >= 0.3 is 0 Å². The monoisotopic (exact) mass is 196 g/mol. The van der Waals surface area contributed by atoms with Gasteiger partial charge in [-0.25, -0.2) is 0 Å². The van der Waals surface area contributed by atoms with E-state index in [4.69, 9.17) is 0 Å². The van der Waals surface area contributed by atoms with E-state index in [1.54, 1.807) is 0 Å². The quantitative estimate of drug-likeness (QED) is 0.453. The fourth-order valence-corrected chi connectivity index (χ4v) is 1.81. The largest absolute Gasteiger partial charge is 0.0654 e. The summed E-state index contributed by atoms with van der Waals surface area (Å²) in [7, 11) is 0. The molecule has 0 aromatic heterocycles. The van der Waals surface area contributed by atoms with Crippen molar-refractivity contribution in [3.8, 4) is 0 Å². The van der Waals surface area contributed by atoms with Crippen molar-refractivity contribution in [2.75, 3.05) is 0 Å². The Morgan fingerprint density at radius 2 is 1.86 bits per heavy atom. The Hall–Kier alpha value is 0. The molecule has 2 unspecified atom stereocenters. The van der Waals surface area contributed by atoms with Gasteiger partial charge in [-0.3, -0.25) is 0 Å². The highest BCUT2D eigenvalue weighted by atomic mass is 14.1. The lowest BCUT2D eigenvalue weighted by Gasteiger charge is -2.15. The van der Waals surface area contributed by atoms with Gasteiger partial charge in [0.25, 0.3) is 0 Å². The first kappa shape index (κ1) is 14.0. The molecule has 0 nitrogen and oxygen atoms in total. The Morgan fingerprint density at radius 3 is 2.43 bits per heavy atom. The van der Waals surface area contributed by atoms with Crippen LogP contribution in [-0.2, 0) is 0 Å². The second kappa shape index (κ2) is 9.55. The predicted octanol–water partition coefficient (Wildman–Crippen LogP) is 5.05. The summed E-state index contributed by atoms with van der Waals surface area (Å²) in [4.78, 5) is 0. The van der Waals surface area contributed by atoms with Crippen LogP contribution in [0.3, 0.4) is 0 Å². The molecule has 0 fully saturated rings. The van der Waals surface area contributed by atoms with E-state index in [1.807, 2.05) is 0 Å². The summed E-state index contributed by atoms with van der Waals surface area (Å²) in [6, 6.07) is 0. The Labute approximate surface area is 91.5 Å². The fourth-order valence-electron chi connectivity index (χ4n) is 1.81. The van der Waals surface area contributed by atoms with E-state index in [1.165, 1.54) is 38.5 Å². The molecule has 14 heavy (non-hydrogen) atoms. The molecular weight excluding hydrogens is 168 g/mol. The molecule has 0 aliphatic rings. The summed E-state index contributed by atoms with van der Waals surface area (Å²) in [6.07, 6.45) is 12.9. The molecular formula is C14H28. The number of hydrogen-bond donors (Lipinski definition) is 0. The van der Waals surface area contributed by atoms with Gasteiger partial charge in [-0.15, -0.1) is 0 Å². The molecule has 0 aromatic carbocycles. The van der Waals surface area contributed by atoms with Crippen molar-refractivity contribution in [2.45, 2.75) is 66.2 Å². The minimum Gasteiger partial charge on any atom is -0.0654 e. The van der Waals surface area contributed by atoms with Crippen LogP contribution in [0.4, 0.5) is 0 Å². The van der Waals surface area contributed by atoms with Crippen LogP contribution in [-0.4, -0.2) is 0 Å². The molecule has 0 saturated carbocycles. The first-order valence-electron chi connectivity index (χ1n) is 6.31. The molecule has 0 aromatic rings. The smallest absolute Gasteiger partial charge is 0.0383 e. The van der Waals surface area contributed by atoms with Gasteiger partial charge in [0.2, 0.25) is 0 Å². The maximum absolute atomic E-state index is 2.49. The van der Waals surface area contributed by atoms with Gasteiger partial charge in [0.15, 0.2) is 0 Å². The average Bonchev–Trinajstić information content (AvgIpc) is 2.17. The van der Waals surface area contributed by atoms with Crippen LogP contribution in [0.2, 0.25) is 0 Å². The van der Waals surface area contributed by atoms with Gasteiger partial charge in [0, 0.05) is 0 Å². The van der Waals surface area contributed by atoms with Crippen LogP contribution in [0.15, 0.2) is 0 Å². The highest BCUT2D eigenvalue weighted by molar-refractivity contribution is 4.74. The lowest BCUT2D eigenvalue weighted by molar-refractivity contribution is 0.439. The normalized spacial score (nSPS) is 15.4. The zero-order valence-electron chi connectivity index (χ0n) is 10.6. The summed E-state index contributed by atoms with van der Waals surface area (Å²) in [6.45, 7) is 9.12. The van der Waals surface area contributed by atoms with Gasteiger partial charge < -0.3 is 0 Å². The molecule has 0 aliphatic carbocycles. The standard InChI is InChI=1S/C14H28/c1-5-7-8-9-10-11-14(4)12-13(3)6-2/h6,10,13-14H,5,7-9,11-12H2,1-4H3. The Morgan fingerprint density at radius 1 is 1.14 bits per heavy atom. The molecule has 0 N–H and O–H groups in total. The molecule has 0 saturated heterocycles. The Bertz CT molecular complexity index is 107. The summed E-state index contributed by atoms with van der Waals surface area (Å²) >= 11 is 0. The molecule has 0 bridgehead atoms. The zero-order valence-corrected chi connectivity index (χ0v) is 10.6. The molecule has 0 spiro atoms. The summed E-state index contributed by atoms with van der Waals surface area (Å²) in [5, 5.41) is 0. The van der Waals surface area contributed by atoms with Crippen LogP contribution < -0.4 is 0 Å². The van der Waals surface area contributed by atoms with Crippen molar-refractivity contribution < 1.29 is 0 Å². The third kappa shape index (κ3) is 8.59. The summed E-state index contributed by atoms with van der Waals surface area (Å²) in [5.41, 5.74) is 0. The zero-order chi connectivity index (χ0) is 10.8. The predicted molar refractivity (Wildman–Crippen MR) is 66.0 cm³/mol. The lowest BCUT2D eigenvalue weighted by atomic mass is 9.91. The topological polar surface area (TPSA) is 0 Å². The van der Waals surface area contributed by atoms with Crippen LogP contribution in [0.5, 0.6) is 0 Å². The maximum atomic E-state index is 2.49. The van der Waals surface area contributed by atoms with Crippen molar-refractivity contribution in [3.05, 3.63) is 12.8 Å². The first-order chi connectivity index (χ1) is 6.70. The third-order valence-corrected chi connectivity index (χ3v) is 2.92. The molecule has 0 rings (SSSR count). The SMILES string of the molecule is C[CH]C(C)CC(C)C[CH]CCCCC. The van der Waals surface area contributed by atoms with Crippen molar-refractivity contribution in [3.63, 3.8) is 0 Å². The number of hydrogen-bond acceptors (Lipinski definition) is 0. The molecule has 0 amide bonds. The highest BCUT2D eigenvalue weighted by Gasteiger charge is 2.06. The van der Waals surface area contributed by atoms with Gasteiger partial charge in [-0.05, 0) is 37.5 Å². The minimum absolute atomic E-state index is 0.786. The first-order valence-corrected chi connectivity index (χ1v) is 6.31. The lowest BCUT2D eigenvalue weighted by Crippen LogP contribution is -2.02. The van der Waals surface area contributed by atoms with E-state index < -0.39 is 0 Å². The average molecular weight is 196 g/mol. The fraction of sp³-hybridized carbons (Fsp3) is 0.857. The van der Waals surface area contributed by atoms with E-state index >= 15 is 0 Å². The van der Waals surface area contributed by atoms with Gasteiger partial charge in [0.05, 0.1) is 0 Å². The van der Waals surface area contributed by atoms with Crippen LogP contribution in [0.1, 0.15) is 66.2 Å². The second-order valence-corrected chi connectivity index (χ2v) is 4.67. The van der Waals surface area contributed by atoms with Crippen molar-refractivity contribution in [1.82, 2.24) is 0 Å². The molecule has 84 valence electrons. The molecule has 0 heteroatoms. The Kier molecular flexibility index (Phi) is 9.55. The van der Waals surface area contributed by atoms with E-state index in [-0.39, 0.29) is 0 Å². The van der Waals surface area contributed by atoms with E-state index in [0.717, 1.165) is 11.8 Å². The van der Waals surface area contributed by atoms with E-state index in [9.17, 15) is 0 Å². The molecule has 0 heterocycles. The molecule has 2 radical (unpaired) electrons. The van der Waals surface area contributed by atoms with Gasteiger partial charge in [0.1, 0.15) is 0 Å². The molecule has 0 aliphatic heterocycles. The number of rotatable bonds is 9.